The van der Waals surface area contributed by atoms with Crippen molar-refractivity contribution >= 4 is 17.5 Å². The van der Waals surface area contributed by atoms with Gasteiger partial charge in [0.15, 0.2) is 0 Å². The second-order valence-corrected chi connectivity index (χ2v) is 4.70. The number of alkyl halides is 3. The monoisotopic (exact) mass is 309 g/mol. The molecule has 3 nitrogen and oxygen atoms in total. The molecule has 0 aliphatic carbocycles. The summed E-state index contributed by atoms with van der Waals surface area (Å²) in [5.41, 5.74) is 0.964. The summed E-state index contributed by atoms with van der Waals surface area (Å²) in [5.74, 6) is 0. The van der Waals surface area contributed by atoms with Crippen molar-refractivity contribution in [2.45, 2.75) is 19.0 Å². The van der Waals surface area contributed by atoms with Gasteiger partial charge in [0.25, 0.3) is 0 Å². The minimum Gasteiger partial charge on any atom is -0.464 e. The van der Waals surface area contributed by atoms with E-state index in [0.29, 0.717) is 11.3 Å². The number of rotatable bonds is 4. The standard InChI is InChI=1S/C16H14F3NO2/c17-16(18,19)11-10-12-6-4-5-9-14(12)20(15(21)22)13-7-2-1-3-8-13/h1-9H,10-11H2,(H,21,22). The van der Waals surface area contributed by atoms with Crippen molar-refractivity contribution in [1.82, 2.24) is 0 Å². The van der Waals surface area contributed by atoms with E-state index in [1.165, 1.54) is 12.1 Å². The summed E-state index contributed by atoms with van der Waals surface area (Å²) in [6.07, 6.45) is -6.79. The molecule has 116 valence electrons. The Morgan fingerprint density at radius 3 is 2.18 bits per heavy atom. The Kier molecular flexibility index (Phi) is 4.70. The van der Waals surface area contributed by atoms with Crippen molar-refractivity contribution in [2.75, 3.05) is 4.90 Å². The summed E-state index contributed by atoms with van der Waals surface area (Å²) >= 11 is 0. The number of hydrogen-bond donors (Lipinski definition) is 1. The van der Waals surface area contributed by atoms with Crippen LogP contribution in [0, 0.1) is 0 Å². The highest BCUT2D eigenvalue weighted by atomic mass is 19.4. The largest absolute Gasteiger partial charge is 0.464 e. The third kappa shape index (κ3) is 4.00. The number of hydrogen-bond acceptors (Lipinski definition) is 1. The highest BCUT2D eigenvalue weighted by Crippen LogP contribution is 2.31. The number of carbonyl (C=O) groups is 1. The van der Waals surface area contributed by atoms with E-state index in [1.54, 1.807) is 42.5 Å². The van der Waals surface area contributed by atoms with Crippen molar-refractivity contribution in [3.05, 3.63) is 60.2 Å². The summed E-state index contributed by atoms with van der Waals surface area (Å²) < 4.78 is 37.3. The minimum atomic E-state index is -4.28. The third-order valence-electron chi connectivity index (χ3n) is 3.12. The number of amides is 1. The molecule has 0 aliphatic rings. The summed E-state index contributed by atoms with van der Waals surface area (Å²) in [5, 5.41) is 9.44. The van der Waals surface area contributed by atoms with Crippen LogP contribution in [0.1, 0.15) is 12.0 Å². The van der Waals surface area contributed by atoms with Crippen LogP contribution >= 0.6 is 0 Å². The molecule has 1 N–H and O–H groups in total. The lowest BCUT2D eigenvalue weighted by atomic mass is 10.1. The van der Waals surface area contributed by atoms with Gasteiger partial charge in [-0.25, -0.2) is 9.69 Å². The molecule has 0 saturated heterocycles. The van der Waals surface area contributed by atoms with E-state index in [9.17, 15) is 23.1 Å². The first-order chi connectivity index (χ1) is 10.4. The zero-order chi connectivity index (χ0) is 16.2. The van der Waals surface area contributed by atoms with E-state index in [4.69, 9.17) is 0 Å². The molecule has 22 heavy (non-hydrogen) atoms. The maximum Gasteiger partial charge on any atom is 0.416 e. The van der Waals surface area contributed by atoms with Gasteiger partial charge >= 0.3 is 12.3 Å². The fourth-order valence-electron chi connectivity index (χ4n) is 2.15. The molecule has 0 aromatic heterocycles. The molecule has 0 atom stereocenters. The van der Waals surface area contributed by atoms with E-state index in [-0.39, 0.29) is 12.1 Å². The van der Waals surface area contributed by atoms with Crippen LogP contribution in [-0.2, 0) is 6.42 Å². The summed E-state index contributed by atoms with van der Waals surface area (Å²) in [7, 11) is 0. The minimum absolute atomic E-state index is 0.241. The van der Waals surface area contributed by atoms with E-state index >= 15 is 0 Å². The van der Waals surface area contributed by atoms with E-state index in [0.717, 1.165) is 4.90 Å². The Balaban J connectivity index is 2.39. The van der Waals surface area contributed by atoms with Crippen LogP contribution < -0.4 is 4.90 Å². The van der Waals surface area contributed by atoms with Crippen LogP contribution in [0.25, 0.3) is 0 Å². The number of benzene rings is 2. The van der Waals surface area contributed by atoms with Crippen molar-refractivity contribution in [1.29, 1.82) is 0 Å². The molecule has 0 heterocycles. The Labute approximate surface area is 125 Å². The first kappa shape index (κ1) is 15.9. The van der Waals surface area contributed by atoms with E-state index < -0.39 is 18.7 Å². The van der Waals surface area contributed by atoms with Gasteiger partial charge in [-0.3, -0.25) is 0 Å². The average Bonchev–Trinajstić information content (AvgIpc) is 2.46. The molecule has 0 unspecified atom stereocenters. The second-order valence-electron chi connectivity index (χ2n) is 4.70. The fourth-order valence-corrected chi connectivity index (χ4v) is 2.15. The van der Waals surface area contributed by atoms with Crippen LogP contribution in [0.5, 0.6) is 0 Å². The molecule has 6 heteroatoms. The Hall–Kier alpha value is -2.50. The van der Waals surface area contributed by atoms with Gasteiger partial charge in [-0.05, 0) is 30.2 Å². The topological polar surface area (TPSA) is 40.5 Å². The number of nitrogens with zero attached hydrogens (tertiary/aromatic N) is 1. The van der Waals surface area contributed by atoms with Gasteiger partial charge in [-0.2, -0.15) is 13.2 Å². The SMILES string of the molecule is O=C(O)N(c1ccccc1)c1ccccc1CCC(F)(F)F. The highest BCUT2D eigenvalue weighted by molar-refractivity contribution is 5.95. The van der Waals surface area contributed by atoms with Crippen LogP contribution in [0.4, 0.5) is 29.3 Å². The summed E-state index contributed by atoms with van der Waals surface area (Å²) in [6.45, 7) is 0. The van der Waals surface area contributed by atoms with Crippen molar-refractivity contribution in [2.24, 2.45) is 0 Å². The van der Waals surface area contributed by atoms with Gasteiger partial charge in [0.1, 0.15) is 0 Å². The lowest BCUT2D eigenvalue weighted by molar-refractivity contribution is -0.133. The maximum absolute atomic E-state index is 12.4. The van der Waals surface area contributed by atoms with Gasteiger partial charge in [0.05, 0.1) is 11.4 Å². The quantitative estimate of drug-likeness (QED) is 0.863. The first-order valence-corrected chi connectivity index (χ1v) is 6.61. The van der Waals surface area contributed by atoms with E-state index in [1.807, 2.05) is 0 Å². The molecule has 2 aromatic carbocycles. The number of aryl methyl sites for hydroxylation is 1. The predicted molar refractivity (Wildman–Crippen MR) is 77.4 cm³/mol. The lowest BCUT2D eigenvalue weighted by Crippen LogP contribution is -2.25. The average molecular weight is 309 g/mol. The van der Waals surface area contributed by atoms with Crippen LogP contribution in [0.2, 0.25) is 0 Å². The fraction of sp³-hybridized carbons (Fsp3) is 0.188. The lowest BCUT2D eigenvalue weighted by Gasteiger charge is -2.22. The smallest absolute Gasteiger partial charge is 0.416 e. The Morgan fingerprint density at radius 1 is 1.00 bits per heavy atom. The van der Waals surface area contributed by atoms with E-state index in [2.05, 4.69) is 0 Å². The van der Waals surface area contributed by atoms with Crippen LogP contribution in [-0.4, -0.2) is 17.4 Å². The summed E-state index contributed by atoms with van der Waals surface area (Å²) in [6, 6.07) is 14.5. The van der Waals surface area contributed by atoms with Gasteiger partial charge in [0.2, 0.25) is 0 Å². The first-order valence-electron chi connectivity index (χ1n) is 6.61. The molecule has 1 amide bonds. The highest BCUT2D eigenvalue weighted by Gasteiger charge is 2.28. The van der Waals surface area contributed by atoms with Gasteiger partial charge < -0.3 is 5.11 Å². The zero-order valence-corrected chi connectivity index (χ0v) is 11.5. The number of para-hydroxylation sites is 2. The van der Waals surface area contributed by atoms with Crippen molar-refractivity contribution in [3.63, 3.8) is 0 Å². The number of anilines is 2. The maximum atomic E-state index is 12.4. The Morgan fingerprint density at radius 2 is 1.59 bits per heavy atom. The van der Waals surface area contributed by atoms with Gasteiger partial charge in [-0.1, -0.05) is 36.4 Å². The molecule has 0 bridgehead atoms. The zero-order valence-electron chi connectivity index (χ0n) is 11.5. The molecule has 0 fully saturated rings. The molecular formula is C16H14F3NO2. The van der Waals surface area contributed by atoms with Crippen molar-refractivity contribution in [3.8, 4) is 0 Å². The Bertz CT molecular complexity index is 641. The van der Waals surface area contributed by atoms with Crippen LogP contribution in [0.3, 0.4) is 0 Å². The molecule has 2 aromatic rings. The molecular weight excluding hydrogens is 295 g/mol. The van der Waals surface area contributed by atoms with Gasteiger partial charge in [-0.15, -0.1) is 0 Å². The normalized spacial score (nSPS) is 11.2. The number of halogens is 3. The third-order valence-corrected chi connectivity index (χ3v) is 3.12. The molecule has 0 spiro atoms. The molecule has 0 aliphatic heterocycles. The second kappa shape index (κ2) is 6.51. The molecule has 0 radical (unpaired) electrons. The van der Waals surface area contributed by atoms with Crippen molar-refractivity contribution < 1.29 is 23.1 Å². The molecule has 2 rings (SSSR count). The van der Waals surface area contributed by atoms with Gasteiger partial charge in [0, 0.05) is 6.42 Å². The van der Waals surface area contributed by atoms with Crippen LogP contribution in [0.15, 0.2) is 54.6 Å². The predicted octanol–water partition coefficient (Wildman–Crippen LogP) is 5.00. The number of carboxylic acid groups (broad SMARTS) is 1. The summed E-state index contributed by atoms with van der Waals surface area (Å²) in [4.78, 5) is 12.5. The molecule has 0 saturated carbocycles.